The van der Waals surface area contributed by atoms with Crippen LogP contribution in [0, 0.1) is 27.7 Å². The van der Waals surface area contributed by atoms with Crippen LogP contribution in [0.4, 0.5) is 0 Å². The van der Waals surface area contributed by atoms with E-state index in [4.69, 9.17) is 0 Å². The number of benzene rings is 1. The van der Waals surface area contributed by atoms with Crippen molar-refractivity contribution in [2.75, 3.05) is 7.05 Å². The SMILES string of the molecule is CNC(c1csc(C)c1)c1c(C)cc(C)cc1C. The van der Waals surface area contributed by atoms with Crippen LogP contribution in [0.25, 0.3) is 0 Å². The zero-order valence-corrected chi connectivity index (χ0v) is 12.6. The summed E-state index contributed by atoms with van der Waals surface area (Å²) in [5.41, 5.74) is 6.87. The molecule has 0 aliphatic carbocycles. The summed E-state index contributed by atoms with van der Waals surface area (Å²) in [6.45, 7) is 8.74. The molecule has 0 spiro atoms. The topological polar surface area (TPSA) is 12.0 Å². The Morgan fingerprint density at radius 1 is 1.00 bits per heavy atom. The molecule has 0 amide bonds. The molecule has 1 N–H and O–H groups in total. The van der Waals surface area contributed by atoms with Crippen LogP contribution >= 0.6 is 11.3 Å². The normalized spacial score (nSPS) is 12.7. The van der Waals surface area contributed by atoms with E-state index in [-0.39, 0.29) is 0 Å². The van der Waals surface area contributed by atoms with Gasteiger partial charge in [-0.15, -0.1) is 11.3 Å². The molecule has 0 fully saturated rings. The molecule has 0 saturated heterocycles. The Bertz CT molecular complexity index is 531. The fourth-order valence-electron chi connectivity index (χ4n) is 2.74. The maximum Gasteiger partial charge on any atom is 0.0587 e. The van der Waals surface area contributed by atoms with Gasteiger partial charge in [-0.2, -0.15) is 0 Å². The molecule has 0 aliphatic heterocycles. The Hall–Kier alpha value is -1.12. The average Bonchev–Trinajstić information content (AvgIpc) is 2.69. The highest BCUT2D eigenvalue weighted by molar-refractivity contribution is 7.10. The highest BCUT2D eigenvalue weighted by atomic mass is 32.1. The van der Waals surface area contributed by atoms with Crippen molar-refractivity contribution in [3.05, 3.63) is 56.3 Å². The number of nitrogens with one attached hydrogen (secondary N) is 1. The van der Waals surface area contributed by atoms with Gasteiger partial charge >= 0.3 is 0 Å². The summed E-state index contributed by atoms with van der Waals surface area (Å²) in [5, 5.41) is 5.71. The van der Waals surface area contributed by atoms with Gasteiger partial charge in [0, 0.05) is 4.88 Å². The smallest absolute Gasteiger partial charge is 0.0587 e. The van der Waals surface area contributed by atoms with E-state index in [2.05, 4.69) is 56.6 Å². The molecular formula is C16H21NS. The predicted octanol–water partition coefficient (Wildman–Crippen LogP) is 4.29. The third-order valence-corrected chi connectivity index (χ3v) is 4.28. The Kier molecular flexibility index (Phi) is 3.88. The molecule has 0 bridgehead atoms. The van der Waals surface area contributed by atoms with Gasteiger partial charge in [0.25, 0.3) is 0 Å². The van der Waals surface area contributed by atoms with Crippen molar-refractivity contribution < 1.29 is 0 Å². The molecule has 2 rings (SSSR count). The van der Waals surface area contributed by atoms with E-state index in [0.29, 0.717) is 6.04 Å². The van der Waals surface area contributed by atoms with Gasteiger partial charge in [0.1, 0.15) is 0 Å². The van der Waals surface area contributed by atoms with Gasteiger partial charge in [0.05, 0.1) is 6.04 Å². The summed E-state index contributed by atoms with van der Waals surface area (Å²) in [6, 6.07) is 7.12. The molecule has 1 nitrogen and oxygen atoms in total. The molecule has 96 valence electrons. The molecule has 0 aliphatic rings. The van der Waals surface area contributed by atoms with E-state index in [1.165, 1.54) is 32.7 Å². The van der Waals surface area contributed by atoms with E-state index in [1.807, 2.05) is 18.4 Å². The minimum Gasteiger partial charge on any atom is -0.309 e. The van der Waals surface area contributed by atoms with Crippen LogP contribution in [-0.2, 0) is 0 Å². The van der Waals surface area contributed by atoms with Gasteiger partial charge in [-0.3, -0.25) is 0 Å². The summed E-state index contributed by atoms with van der Waals surface area (Å²) in [7, 11) is 2.04. The second-order valence-electron chi connectivity index (χ2n) is 5.02. The van der Waals surface area contributed by atoms with Crippen LogP contribution in [0.5, 0.6) is 0 Å². The van der Waals surface area contributed by atoms with Gasteiger partial charge in [-0.25, -0.2) is 0 Å². The largest absolute Gasteiger partial charge is 0.309 e. The van der Waals surface area contributed by atoms with Gasteiger partial charge in [-0.1, -0.05) is 17.7 Å². The maximum atomic E-state index is 3.46. The second kappa shape index (κ2) is 5.25. The summed E-state index contributed by atoms with van der Waals surface area (Å²) in [4.78, 5) is 1.37. The lowest BCUT2D eigenvalue weighted by molar-refractivity contribution is 0.685. The standard InChI is InChI=1S/C16H21NS/c1-10-6-11(2)15(12(3)7-10)16(17-5)14-8-13(4)18-9-14/h6-9,16-17H,1-5H3. The lowest BCUT2D eigenvalue weighted by Gasteiger charge is -2.21. The van der Waals surface area contributed by atoms with Crippen molar-refractivity contribution in [2.45, 2.75) is 33.7 Å². The quantitative estimate of drug-likeness (QED) is 0.867. The minimum absolute atomic E-state index is 0.301. The van der Waals surface area contributed by atoms with E-state index < -0.39 is 0 Å². The lowest BCUT2D eigenvalue weighted by atomic mass is 9.91. The maximum absolute atomic E-state index is 3.46. The first-order valence-electron chi connectivity index (χ1n) is 6.33. The summed E-state index contributed by atoms with van der Waals surface area (Å²) in [6.07, 6.45) is 0. The Labute approximate surface area is 114 Å². The van der Waals surface area contributed by atoms with Crippen molar-refractivity contribution in [3.8, 4) is 0 Å². The molecule has 1 aromatic heterocycles. The monoisotopic (exact) mass is 259 g/mol. The van der Waals surface area contributed by atoms with Gasteiger partial charge < -0.3 is 5.32 Å². The van der Waals surface area contributed by atoms with Crippen LogP contribution in [0.2, 0.25) is 0 Å². The highest BCUT2D eigenvalue weighted by Crippen LogP contribution is 2.30. The first kappa shape index (κ1) is 13.3. The zero-order valence-electron chi connectivity index (χ0n) is 11.8. The molecular weight excluding hydrogens is 238 g/mol. The van der Waals surface area contributed by atoms with Crippen molar-refractivity contribution >= 4 is 11.3 Å². The first-order valence-corrected chi connectivity index (χ1v) is 7.21. The zero-order chi connectivity index (χ0) is 13.3. The minimum atomic E-state index is 0.301. The van der Waals surface area contributed by atoms with Crippen LogP contribution in [0.3, 0.4) is 0 Å². The second-order valence-corrected chi connectivity index (χ2v) is 6.14. The van der Waals surface area contributed by atoms with Crippen LogP contribution in [0.15, 0.2) is 23.6 Å². The molecule has 1 heterocycles. The average molecular weight is 259 g/mol. The first-order chi connectivity index (χ1) is 8.52. The van der Waals surface area contributed by atoms with Crippen LogP contribution < -0.4 is 5.32 Å². The Morgan fingerprint density at radius 3 is 2.06 bits per heavy atom. The number of thiophene rings is 1. The van der Waals surface area contributed by atoms with E-state index in [9.17, 15) is 0 Å². The number of aryl methyl sites for hydroxylation is 4. The van der Waals surface area contributed by atoms with Crippen LogP contribution in [-0.4, -0.2) is 7.05 Å². The van der Waals surface area contributed by atoms with Gasteiger partial charge in [-0.05, 0) is 68.4 Å². The van der Waals surface area contributed by atoms with Crippen molar-refractivity contribution in [1.82, 2.24) is 5.32 Å². The van der Waals surface area contributed by atoms with Crippen molar-refractivity contribution in [1.29, 1.82) is 0 Å². The third kappa shape index (κ3) is 2.50. The Balaban J connectivity index is 2.51. The summed E-state index contributed by atoms with van der Waals surface area (Å²) < 4.78 is 0. The number of hydrogen-bond donors (Lipinski definition) is 1. The predicted molar refractivity (Wildman–Crippen MR) is 80.6 cm³/mol. The molecule has 1 atom stereocenters. The summed E-state index contributed by atoms with van der Waals surface area (Å²) >= 11 is 1.82. The molecule has 1 aromatic carbocycles. The van der Waals surface area contributed by atoms with Crippen molar-refractivity contribution in [2.24, 2.45) is 0 Å². The molecule has 2 heteroatoms. The molecule has 0 saturated carbocycles. The molecule has 1 unspecified atom stereocenters. The highest BCUT2D eigenvalue weighted by Gasteiger charge is 2.17. The number of hydrogen-bond acceptors (Lipinski definition) is 2. The molecule has 2 aromatic rings. The van der Waals surface area contributed by atoms with E-state index >= 15 is 0 Å². The number of rotatable bonds is 3. The fraction of sp³-hybridized carbons (Fsp3) is 0.375. The molecule has 18 heavy (non-hydrogen) atoms. The third-order valence-electron chi connectivity index (χ3n) is 3.40. The Morgan fingerprint density at radius 2 is 1.61 bits per heavy atom. The van der Waals surface area contributed by atoms with Gasteiger partial charge in [0.2, 0.25) is 0 Å². The van der Waals surface area contributed by atoms with E-state index in [0.717, 1.165) is 0 Å². The van der Waals surface area contributed by atoms with E-state index in [1.54, 1.807) is 0 Å². The fourth-order valence-corrected chi connectivity index (χ4v) is 3.47. The van der Waals surface area contributed by atoms with Gasteiger partial charge in [0.15, 0.2) is 0 Å². The lowest BCUT2D eigenvalue weighted by Crippen LogP contribution is -2.19. The van der Waals surface area contributed by atoms with Crippen molar-refractivity contribution in [3.63, 3.8) is 0 Å². The summed E-state index contributed by atoms with van der Waals surface area (Å²) in [5.74, 6) is 0. The molecule has 0 radical (unpaired) electrons. The van der Waals surface area contributed by atoms with Crippen LogP contribution in [0.1, 0.15) is 38.7 Å².